The van der Waals surface area contributed by atoms with Crippen molar-refractivity contribution in [2.45, 2.75) is 13.5 Å². The summed E-state index contributed by atoms with van der Waals surface area (Å²) in [5.41, 5.74) is 8.07. The lowest BCUT2D eigenvalue weighted by Crippen LogP contribution is -2.15. The number of aryl methyl sites for hydroxylation is 1. The standard InChI is InChI=1S/C11H14N4S/c1-8-3-5-9(6-4-8)7-15(2)11-14-13-10(12)16-11/h3-6H,7H2,1-2H3,(H2,12,13). The van der Waals surface area contributed by atoms with Crippen LogP contribution < -0.4 is 10.6 Å². The average Bonchev–Trinajstić information content (AvgIpc) is 2.68. The fourth-order valence-electron chi connectivity index (χ4n) is 1.42. The minimum atomic E-state index is 0.505. The molecule has 0 radical (unpaired) electrons. The van der Waals surface area contributed by atoms with Crippen LogP contribution in [0.1, 0.15) is 11.1 Å². The molecule has 0 unspecified atom stereocenters. The maximum Gasteiger partial charge on any atom is 0.210 e. The lowest BCUT2D eigenvalue weighted by molar-refractivity contribution is 0.894. The van der Waals surface area contributed by atoms with E-state index in [4.69, 9.17) is 5.73 Å². The van der Waals surface area contributed by atoms with Gasteiger partial charge in [-0.1, -0.05) is 41.2 Å². The third kappa shape index (κ3) is 2.49. The SMILES string of the molecule is Cc1ccc(CN(C)c2nnc(N)s2)cc1. The Labute approximate surface area is 98.7 Å². The highest BCUT2D eigenvalue weighted by Gasteiger charge is 2.07. The van der Waals surface area contributed by atoms with Gasteiger partial charge in [0, 0.05) is 13.6 Å². The molecule has 5 heteroatoms. The van der Waals surface area contributed by atoms with E-state index in [1.165, 1.54) is 22.5 Å². The van der Waals surface area contributed by atoms with Gasteiger partial charge in [-0.3, -0.25) is 0 Å². The van der Waals surface area contributed by atoms with Crippen molar-refractivity contribution in [2.24, 2.45) is 0 Å². The van der Waals surface area contributed by atoms with Crippen molar-refractivity contribution >= 4 is 21.6 Å². The van der Waals surface area contributed by atoms with E-state index in [9.17, 15) is 0 Å². The van der Waals surface area contributed by atoms with Gasteiger partial charge in [0.25, 0.3) is 0 Å². The fourth-order valence-corrected chi connectivity index (χ4v) is 1.99. The molecule has 0 atom stereocenters. The Bertz CT molecular complexity index is 463. The van der Waals surface area contributed by atoms with Crippen LogP contribution in [0.3, 0.4) is 0 Å². The number of nitrogens with two attached hydrogens (primary N) is 1. The summed E-state index contributed by atoms with van der Waals surface area (Å²) in [6.07, 6.45) is 0. The van der Waals surface area contributed by atoms with Crippen LogP contribution in [0.2, 0.25) is 0 Å². The van der Waals surface area contributed by atoms with Crippen molar-refractivity contribution in [3.8, 4) is 0 Å². The van der Waals surface area contributed by atoms with Gasteiger partial charge in [-0.15, -0.1) is 10.2 Å². The number of anilines is 2. The zero-order valence-electron chi connectivity index (χ0n) is 9.34. The van der Waals surface area contributed by atoms with Crippen LogP contribution in [0.15, 0.2) is 24.3 Å². The third-order valence-corrected chi connectivity index (χ3v) is 3.16. The van der Waals surface area contributed by atoms with Gasteiger partial charge in [0.05, 0.1) is 0 Å². The van der Waals surface area contributed by atoms with Crippen LogP contribution in [-0.2, 0) is 6.54 Å². The van der Waals surface area contributed by atoms with Gasteiger partial charge in [0.1, 0.15) is 0 Å². The summed E-state index contributed by atoms with van der Waals surface area (Å²) >= 11 is 1.40. The highest BCUT2D eigenvalue weighted by Crippen LogP contribution is 2.21. The molecule has 0 aliphatic heterocycles. The average molecular weight is 234 g/mol. The molecule has 0 aliphatic rings. The molecule has 84 valence electrons. The Hall–Kier alpha value is -1.62. The first-order chi connectivity index (χ1) is 7.65. The Morgan fingerprint density at radius 3 is 2.50 bits per heavy atom. The quantitative estimate of drug-likeness (QED) is 0.883. The summed E-state index contributed by atoms with van der Waals surface area (Å²) in [4.78, 5) is 2.04. The summed E-state index contributed by atoms with van der Waals surface area (Å²) in [5, 5.41) is 9.15. The van der Waals surface area contributed by atoms with E-state index < -0.39 is 0 Å². The second-order valence-corrected chi connectivity index (χ2v) is 4.75. The van der Waals surface area contributed by atoms with Crippen molar-refractivity contribution in [1.82, 2.24) is 10.2 Å². The number of rotatable bonds is 3. The van der Waals surface area contributed by atoms with E-state index in [-0.39, 0.29) is 0 Å². The largest absolute Gasteiger partial charge is 0.374 e. The highest BCUT2D eigenvalue weighted by atomic mass is 32.1. The molecule has 2 rings (SSSR count). The minimum absolute atomic E-state index is 0.505. The van der Waals surface area contributed by atoms with Crippen LogP contribution in [0.25, 0.3) is 0 Å². The Balaban J connectivity index is 2.07. The zero-order chi connectivity index (χ0) is 11.5. The van der Waals surface area contributed by atoms with Crippen molar-refractivity contribution in [1.29, 1.82) is 0 Å². The van der Waals surface area contributed by atoms with E-state index in [1.807, 2.05) is 11.9 Å². The Morgan fingerprint density at radius 2 is 1.94 bits per heavy atom. The van der Waals surface area contributed by atoms with Crippen LogP contribution >= 0.6 is 11.3 Å². The molecular formula is C11H14N4S. The number of benzene rings is 1. The highest BCUT2D eigenvalue weighted by molar-refractivity contribution is 7.18. The molecule has 16 heavy (non-hydrogen) atoms. The number of hydrogen-bond donors (Lipinski definition) is 1. The summed E-state index contributed by atoms with van der Waals surface area (Å²) in [6, 6.07) is 8.46. The van der Waals surface area contributed by atoms with Gasteiger partial charge in [0.15, 0.2) is 0 Å². The smallest absolute Gasteiger partial charge is 0.210 e. The Morgan fingerprint density at radius 1 is 1.25 bits per heavy atom. The lowest BCUT2D eigenvalue weighted by Gasteiger charge is -2.14. The normalized spacial score (nSPS) is 10.4. The van der Waals surface area contributed by atoms with Crippen LogP contribution in [-0.4, -0.2) is 17.2 Å². The van der Waals surface area contributed by atoms with Gasteiger partial charge in [-0.05, 0) is 12.5 Å². The van der Waals surface area contributed by atoms with Crippen molar-refractivity contribution < 1.29 is 0 Å². The molecule has 0 aliphatic carbocycles. The number of hydrogen-bond acceptors (Lipinski definition) is 5. The summed E-state index contributed by atoms with van der Waals surface area (Å²) in [6.45, 7) is 2.90. The number of aromatic nitrogens is 2. The fraction of sp³-hybridized carbons (Fsp3) is 0.273. The maximum absolute atomic E-state index is 5.55. The molecule has 0 fully saturated rings. The predicted molar refractivity (Wildman–Crippen MR) is 67.6 cm³/mol. The zero-order valence-corrected chi connectivity index (χ0v) is 10.2. The van der Waals surface area contributed by atoms with E-state index in [0.717, 1.165) is 11.7 Å². The molecule has 1 aromatic heterocycles. The number of nitrogen functional groups attached to an aromatic ring is 1. The van der Waals surface area contributed by atoms with Crippen molar-refractivity contribution in [3.05, 3.63) is 35.4 Å². The van der Waals surface area contributed by atoms with Gasteiger partial charge in [0.2, 0.25) is 10.3 Å². The molecule has 1 heterocycles. The third-order valence-electron chi connectivity index (χ3n) is 2.30. The molecule has 2 N–H and O–H groups in total. The second-order valence-electron chi connectivity index (χ2n) is 3.76. The van der Waals surface area contributed by atoms with E-state index in [2.05, 4.69) is 41.4 Å². The van der Waals surface area contributed by atoms with Crippen molar-refractivity contribution in [2.75, 3.05) is 17.7 Å². The first kappa shape index (κ1) is 10.9. The lowest BCUT2D eigenvalue weighted by atomic mass is 10.1. The minimum Gasteiger partial charge on any atom is -0.374 e. The molecule has 0 spiro atoms. The molecule has 0 saturated carbocycles. The van der Waals surface area contributed by atoms with E-state index in [0.29, 0.717) is 5.13 Å². The monoisotopic (exact) mass is 234 g/mol. The number of nitrogens with zero attached hydrogens (tertiary/aromatic N) is 3. The first-order valence-corrected chi connectivity index (χ1v) is 5.82. The summed E-state index contributed by atoms with van der Waals surface area (Å²) < 4.78 is 0. The van der Waals surface area contributed by atoms with Crippen LogP contribution in [0, 0.1) is 6.92 Å². The molecule has 2 aromatic rings. The topological polar surface area (TPSA) is 55.0 Å². The summed E-state index contributed by atoms with van der Waals surface area (Å²) in [7, 11) is 1.99. The maximum atomic E-state index is 5.55. The molecule has 1 aromatic carbocycles. The van der Waals surface area contributed by atoms with Crippen LogP contribution in [0.4, 0.5) is 10.3 Å². The van der Waals surface area contributed by atoms with Gasteiger partial charge >= 0.3 is 0 Å². The molecule has 0 saturated heterocycles. The van der Waals surface area contributed by atoms with Gasteiger partial charge in [-0.2, -0.15) is 0 Å². The molecule has 4 nitrogen and oxygen atoms in total. The predicted octanol–water partition coefficient (Wildman–Crippen LogP) is 2.07. The summed E-state index contributed by atoms with van der Waals surface area (Å²) in [5.74, 6) is 0. The van der Waals surface area contributed by atoms with Crippen molar-refractivity contribution in [3.63, 3.8) is 0 Å². The van der Waals surface area contributed by atoms with E-state index >= 15 is 0 Å². The molecule has 0 amide bonds. The molecule has 0 bridgehead atoms. The van der Waals surface area contributed by atoms with Gasteiger partial charge in [-0.25, -0.2) is 0 Å². The first-order valence-electron chi connectivity index (χ1n) is 5.01. The Kier molecular flexibility index (Phi) is 3.05. The van der Waals surface area contributed by atoms with Crippen LogP contribution in [0.5, 0.6) is 0 Å². The van der Waals surface area contributed by atoms with Gasteiger partial charge < -0.3 is 10.6 Å². The molecular weight excluding hydrogens is 220 g/mol. The van der Waals surface area contributed by atoms with E-state index in [1.54, 1.807) is 0 Å². The second kappa shape index (κ2) is 4.49.